The third kappa shape index (κ3) is 5.30. The number of aryl methyl sites for hydroxylation is 1. The maximum absolute atomic E-state index is 5.10. The number of benzene rings is 10. The molecule has 11 rings (SSSR count). The summed E-state index contributed by atoms with van der Waals surface area (Å²) in [5.74, 6) is 0.945. The highest BCUT2D eigenvalue weighted by molar-refractivity contribution is 6.21. The van der Waals surface area contributed by atoms with E-state index in [1.807, 2.05) is 0 Å². The Morgan fingerprint density at radius 1 is 0.357 bits per heavy atom. The van der Waals surface area contributed by atoms with Gasteiger partial charge < -0.3 is 0 Å². The average Bonchev–Trinajstić information content (AvgIpc) is 3.65. The molecule has 56 heavy (non-hydrogen) atoms. The Morgan fingerprint density at radius 2 is 0.821 bits per heavy atom. The van der Waals surface area contributed by atoms with E-state index >= 15 is 0 Å². The minimum Gasteiger partial charge on any atom is -0.292 e. The normalized spacial score (nSPS) is 11.7. The maximum atomic E-state index is 5.10. The van der Waals surface area contributed by atoms with Crippen LogP contribution in [-0.4, -0.2) is 9.55 Å². The molecule has 10 aromatic carbocycles. The molecule has 2 heteroatoms. The zero-order valence-corrected chi connectivity index (χ0v) is 30.9. The summed E-state index contributed by atoms with van der Waals surface area (Å²) in [6.45, 7) is 2.17. The molecule has 0 aliphatic carbocycles. The van der Waals surface area contributed by atoms with Gasteiger partial charge in [-0.05, 0) is 132 Å². The first-order valence-electron chi connectivity index (χ1n) is 19.3. The lowest BCUT2D eigenvalue weighted by Gasteiger charge is -2.18. The van der Waals surface area contributed by atoms with Gasteiger partial charge in [0.05, 0.1) is 11.0 Å². The molecule has 0 aliphatic heterocycles. The minimum atomic E-state index is 0.945. The second-order valence-electron chi connectivity index (χ2n) is 14.9. The second-order valence-corrected chi connectivity index (χ2v) is 14.9. The minimum absolute atomic E-state index is 0.945. The molecule has 0 atom stereocenters. The summed E-state index contributed by atoms with van der Waals surface area (Å²) in [7, 11) is 0. The van der Waals surface area contributed by atoms with Crippen molar-refractivity contribution in [3.05, 3.63) is 206 Å². The molecule has 2 nitrogen and oxygen atoms in total. The zero-order chi connectivity index (χ0) is 37.2. The Bertz CT molecular complexity index is 3260. The van der Waals surface area contributed by atoms with E-state index in [0.29, 0.717) is 0 Å². The summed E-state index contributed by atoms with van der Waals surface area (Å²) in [5, 5.41) is 9.96. The predicted molar refractivity (Wildman–Crippen MR) is 238 cm³/mol. The van der Waals surface area contributed by atoms with Gasteiger partial charge in [-0.15, -0.1) is 0 Å². The third-order valence-corrected chi connectivity index (χ3v) is 11.4. The van der Waals surface area contributed by atoms with Gasteiger partial charge in [-0.3, -0.25) is 4.57 Å². The van der Waals surface area contributed by atoms with Crippen molar-refractivity contribution in [2.45, 2.75) is 6.92 Å². The van der Waals surface area contributed by atoms with Crippen LogP contribution >= 0.6 is 0 Å². The fraction of sp³-hybridized carbons (Fsp3) is 0.0185. The van der Waals surface area contributed by atoms with E-state index in [-0.39, 0.29) is 0 Å². The first kappa shape index (κ1) is 32.2. The first-order valence-corrected chi connectivity index (χ1v) is 19.3. The summed E-state index contributed by atoms with van der Waals surface area (Å²) < 4.78 is 2.26. The van der Waals surface area contributed by atoms with Crippen molar-refractivity contribution in [1.82, 2.24) is 9.55 Å². The van der Waals surface area contributed by atoms with Gasteiger partial charge >= 0.3 is 0 Å². The van der Waals surface area contributed by atoms with E-state index in [0.717, 1.165) is 28.1 Å². The van der Waals surface area contributed by atoms with Crippen molar-refractivity contribution in [1.29, 1.82) is 0 Å². The predicted octanol–water partition coefficient (Wildman–Crippen LogP) is 14.6. The van der Waals surface area contributed by atoms with Crippen LogP contribution in [0.2, 0.25) is 0 Å². The van der Waals surface area contributed by atoms with Gasteiger partial charge in [0.15, 0.2) is 0 Å². The van der Waals surface area contributed by atoms with Crippen LogP contribution in [0.25, 0.3) is 105 Å². The second kappa shape index (κ2) is 12.9. The lowest BCUT2D eigenvalue weighted by atomic mass is 9.85. The molecule has 11 aromatic rings. The Kier molecular flexibility index (Phi) is 7.43. The van der Waals surface area contributed by atoms with Gasteiger partial charge in [-0.25, -0.2) is 4.98 Å². The van der Waals surface area contributed by atoms with E-state index in [1.54, 1.807) is 0 Å². The lowest BCUT2D eigenvalue weighted by molar-refractivity contribution is 1.10. The number of hydrogen-bond acceptors (Lipinski definition) is 1. The molecule has 0 N–H and O–H groups in total. The van der Waals surface area contributed by atoms with Crippen molar-refractivity contribution < 1.29 is 0 Å². The monoisotopic (exact) mass is 712 g/mol. The molecule has 0 amide bonds. The van der Waals surface area contributed by atoms with Gasteiger partial charge in [0.25, 0.3) is 0 Å². The Balaban J connectivity index is 0.975. The standard InChI is InChI=1S/C54H36N2/c1-35-12-11-13-42(30-35)52-46-16-5-7-18-48(46)53(49-19-8-6-17-47(49)52)43-28-26-38-31-36(22-24-40(38)33-43)37-23-25-41-34-44(29-27-39(41)32-37)54-55-50-20-9-10-21-51(50)56(54)45-14-3-2-4-15-45/h2-34H,1H3. The highest BCUT2D eigenvalue weighted by Crippen LogP contribution is 2.44. The topological polar surface area (TPSA) is 17.8 Å². The van der Waals surface area contributed by atoms with Gasteiger partial charge in [-0.1, -0.05) is 157 Å². The van der Waals surface area contributed by atoms with Crippen molar-refractivity contribution >= 4 is 54.1 Å². The quantitative estimate of drug-likeness (QED) is 0.162. The molecule has 1 heterocycles. The average molecular weight is 713 g/mol. The van der Waals surface area contributed by atoms with Gasteiger partial charge in [0.1, 0.15) is 5.82 Å². The molecular weight excluding hydrogens is 677 g/mol. The van der Waals surface area contributed by atoms with E-state index in [2.05, 4.69) is 212 Å². The van der Waals surface area contributed by atoms with Crippen molar-refractivity contribution in [2.24, 2.45) is 0 Å². The molecule has 0 bridgehead atoms. The van der Waals surface area contributed by atoms with E-state index < -0.39 is 0 Å². The summed E-state index contributed by atoms with van der Waals surface area (Å²) in [6.07, 6.45) is 0. The number of para-hydroxylation sites is 3. The van der Waals surface area contributed by atoms with Crippen molar-refractivity contribution in [3.63, 3.8) is 0 Å². The maximum Gasteiger partial charge on any atom is 0.145 e. The summed E-state index contributed by atoms with van der Waals surface area (Å²) in [5.41, 5.74) is 13.0. The number of hydrogen-bond donors (Lipinski definition) is 0. The summed E-state index contributed by atoms with van der Waals surface area (Å²) in [6, 6.07) is 72.9. The third-order valence-electron chi connectivity index (χ3n) is 11.4. The highest BCUT2D eigenvalue weighted by atomic mass is 15.1. The Hall–Kier alpha value is -7.29. The SMILES string of the molecule is Cc1cccc(-c2c3ccccc3c(-c3ccc4cc(-c5ccc6cc(-c7nc8ccccc8n7-c7ccccc7)ccc6c5)ccc4c3)c3ccccc23)c1. The fourth-order valence-corrected chi connectivity index (χ4v) is 8.75. The van der Waals surface area contributed by atoms with Crippen LogP contribution < -0.4 is 0 Å². The van der Waals surface area contributed by atoms with E-state index in [1.165, 1.54) is 82.0 Å². The summed E-state index contributed by atoms with van der Waals surface area (Å²) >= 11 is 0. The number of imidazole rings is 1. The number of nitrogens with zero attached hydrogens (tertiary/aromatic N) is 2. The summed E-state index contributed by atoms with van der Waals surface area (Å²) in [4.78, 5) is 5.10. The fourth-order valence-electron chi connectivity index (χ4n) is 8.75. The lowest BCUT2D eigenvalue weighted by Crippen LogP contribution is -1.97. The van der Waals surface area contributed by atoms with Crippen LogP contribution in [0.3, 0.4) is 0 Å². The molecule has 0 spiro atoms. The molecule has 0 fully saturated rings. The van der Waals surface area contributed by atoms with Crippen LogP contribution in [0.5, 0.6) is 0 Å². The Morgan fingerprint density at radius 3 is 1.41 bits per heavy atom. The van der Waals surface area contributed by atoms with E-state index in [9.17, 15) is 0 Å². The smallest absolute Gasteiger partial charge is 0.145 e. The molecule has 0 saturated heterocycles. The highest BCUT2D eigenvalue weighted by Gasteiger charge is 2.18. The number of rotatable bonds is 5. The molecule has 0 saturated carbocycles. The zero-order valence-electron chi connectivity index (χ0n) is 30.9. The largest absolute Gasteiger partial charge is 0.292 e. The molecule has 1 aromatic heterocycles. The Labute approximate surface area is 325 Å². The molecule has 262 valence electrons. The van der Waals surface area contributed by atoms with Crippen LogP contribution in [0.1, 0.15) is 5.56 Å². The van der Waals surface area contributed by atoms with Gasteiger partial charge in [0, 0.05) is 11.3 Å². The van der Waals surface area contributed by atoms with Crippen LogP contribution in [0.15, 0.2) is 200 Å². The van der Waals surface area contributed by atoms with Gasteiger partial charge in [0.2, 0.25) is 0 Å². The van der Waals surface area contributed by atoms with Crippen LogP contribution in [-0.2, 0) is 0 Å². The molecule has 0 unspecified atom stereocenters. The van der Waals surface area contributed by atoms with Crippen LogP contribution in [0.4, 0.5) is 0 Å². The van der Waals surface area contributed by atoms with Crippen LogP contribution in [0, 0.1) is 6.92 Å². The van der Waals surface area contributed by atoms with Crippen molar-refractivity contribution in [3.8, 4) is 50.5 Å². The molecule has 0 radical (unpaired) electrons. The molecular formula is C54H36N2. The number of aromatic nitrogens is 2. The number of fused-ring (bicyclic) bond motifs is 5. The first-order chi connectivity index (χ1) is 27.7. The van der Waals surface area contributed by atoms with Gasteiger partial charge in [-0.2, -0.15) is 0 Å². The van der Waals surface area contributed by atoms with E-state index in [4.69, 9.17) is 4.98 Å². The van der Waals surface area contributed by atoms with Crippen molar-refractivity contribution in [2.75, 3.05) is 0 Å². The molecule has 0 aliphatic rings.